The average Bonchev–Trinajstić information content (AvgIpc) is 2.19. The molecule has 0 spiro atoms. The molecule has 13 heavy (non-hydrogen) atoms. The summed E-state index contributed by atoms with van der Waals surface area (Å²) in [6, 6.07) is 0. The van der Waals surface area contributed by atoms with Gasteiger partial charge in [0.2, 0.25) is 0 Å². The van der Waals surface area contributed by atoms with Crippen molar-refractivity contribution in [3.63, 3.8) is 0 Å². The summed E-state index contributed by atoms with van der Waals surface area (Å²) < 4.78 is 10.4. The molecule has 0 atom stereocenters. The quantitative estimate of drug-likeness (QED) is 0.351. The summed E-state index contributed by atoms with van der Waals surface area (Å²) in [6.45, 7) is 2.28. The van der Waals surface area contributed by atoms with Crippen molar-refractivity contribution in [1.29, 1.82) is 0 Å². The number of ether oxygens (including phenoxy) is 2. The molecule has 1 aliphatic heterocycles. The molecule has 0 bridgehead atoms. The van der Waals surface area contributed by atoms with Crippen molar-refractivity contribution in [3.05, 3.63) is 0 Å². The lowest BCUT2D eigenvalue weighted by molar-refractivity contribution is -0.126. The van der Waals surface area contributed by atoms with Crippen molar-refractivity contribution < 1.29 is 14.3 Å². The second-order valence-corrected chi connectivity index (χ2v) is 3.14. The third-order valence-electron chi connectivity index (χ3n) is 2.09. The minimum Gasteiger partial charge on any atom is -0.381 e. The molecule has 3 N–H and O–H groups in total. The lowest BCUT2D eigenvalue weighted by atomic mass is 10.0. The number of hydrogen-bond acceptors (Lipinski definition) is 4. The summed E-state index contributed by atoms with van der Waals surface area (Å²) in [4.78, 5) is 10.7. The van der Waals surface area contributed by atoms with E-state index in [4.69, 9.17) is 15.3 Å². The van der Waals surface area contributed by atoms with E-state index < -0.39 is 0 Å². The molecule has 0 aliphatic carbocycles. The van der Waals surface area contributed by atoms with Gasteiger partial charge in [0.25, 0.3) is 5.91 Å². The molecule has 1 amide bonds. The Hall–Kier alpha value is -0.650. The minimum absolute atomic E-state index is 0.0495. The van der Waals surface area contributed by atoms with Crippen LogP contribution in [0.3, 0.4) is 0 Å². The summed E-state index contributed by atoms with van der Waals surface area (Å²) in [5.41, 5.74) is 2.01. The molecule has 5 nitrogen and oxygen atoms in total. The fourth-order valence-corrected chi connectivity index (χ4v) is 1.27. The lowest BCUT2D eigenvalue weighted by Crippen LogP contribution is -2.34. The zero-order valence-electron chi connectivity index (χ0n) is 7.62. The number of rotatable bonds is 4. The van der Waals surface area contributed by atoms with Gasteiger partial charge in [0.15, 0.2) is 0 Å². The van der Waals surface area contributed by atoms with Crippen molar-refractivity contribution in [2.75, 3.05) is 26.4 Å². The summed E-state index contributed by atoms with van der Waals surface area (Å²) in [5, 5.41) is 0. The number of carbonyl (C=O) groups excluding carboxylic acids is 1. The highest BCUT2D eigenvalue weighted by atomic mass is 16.5. The molecule has 5 heteroatoms. The predicted octanol–water partition coefficient (Wildman–Crippen LogP) is -0.581. The Morgan fingerprint density at radius 2 is 2.23 bits per heavy atom. The Morgan fingerprint density at radius 3 is 2.85 bits per heavy atom. The van der Waals surface area contributed by atoms with Crippen molar-refractivity contribution in [3.8, 4) is 0 Å². The number of carbonyl (C=O) groups is 1. The molecule has 0 aromatic heterocycles. The first-order valence-electron chi connectivity index (χ1n) is 4.48. The molecule has 1 aliphatic rings. The van der Waals surface area contributed by atoms with Crippen LogP contribution in [0.5, 0.6) is 0 Å². The first-order valence-corrected chi connectivity index (χ1v) is 4.48. The van der Waals surface area contributed by atoms with Crippen molar-refractivity contribution in [1.82, 2.24) is 5.43 Å². The third kappa shape index (κ3) is 4.21. The summed E-state index contributed by atoms with van der Waals surface area (Å²) in [7, 11) is 0. The average molecular weight is 188 g/mol. The van der Waals surface area contributed by atoms with Crippen LogP contribution in [0, 0.1) is 5.92 Å². The number of amides is 1. The first kappa shape index (κ1) is 10.4. The van der Waals surface area contributed by atoms with E-state index in [9.17, 15) is 4.79 Å². The third-order valence-corrected chi connectivity index (χ3v) is 2.09. The van der Waals surface area contributed by atoms with Crippen LogP contribution < -0.4 is 11.3 Å². The monoisotopic (exact) mass is 188 g/mol. The van der Waals surface area contributed by atoms with Gasteiger partial charge < -0.3 is 9.47 Å². The first-order chi connectivity index (χ1) is 6.33. The maximum Gasteiger partial charge on any atom is 0.259 e. The van der Waals surface area contributed by atoms with Gasteiger partial charge in [-0.05, 0) is 18.8 Å². The molecule has 0 aromatic rings. The van der Waals surface area contributed by atoms with Gasteiger partial charge in [-0.3, -0.25) is 10.2 Å². The van der Waals surface area contributed by atoms with E-state index >= 15 is 0 Å². The lowest BCUT2D eigenvalue weighted by Gasteiger charge is -2.21. The fraction of sp³-hybridized carbons (Fsp3) is 0.875. The highest BCUT2D eigenvalue weighted by Crippen LogP contribution is 2.14. The van der Waals surface area contributed by atoms with E-state index in [1.165, 1.54) is 0 Å². The van der Waals surface area contributed by atoms with Gasteiger partial charge in [0, 0.05) is 13.2 Å². The molecule has 1 fully saturated rings. The molecule has 0 radical (unpaired) electrons. The number of hydrazine groups is 1. The maximum atomic E-state index is 10.7. The van der Waals surface area contributed by atoms with Gasteiger partial charge in [-0.15, -0.1) is 0 Å². The number of nitrogens with two attached hydrogens (primary N) is 1. The van der Waals surface area contributed by atoms with Crippen LogP contribution in [0.4, 0.5) is 0 Å². The molecule has 76 valence electrons. The molecular formula is C8H16N2O3. The highest BCUT2D eigenvalue weighted by molar-refractivity contribution is 5.76. The Kier molecular flexibility index (Phi) is 4.74. The second-order valence-electron chi connectivity index (χ2n) is 3.14. The smallest absolute Gasteiger partial charge is 0.259 e. The Bertz CT molecular complexity index is 157. The Morgan fingerprint density at radius 1 is 1.54 bits per heavy atom. The van der Waals surface area contributed by atoms with Crippen LogP contribution in [0.1, 0.15) is 12.8 Å². The van der Waals surface area contributed by atoms with Crippen molar-refractivity contribution in [2.45, 2.75) is 12.8 Å². The normalized spacial score (nSPS) is 18.5. The van der Waals surface area contributed by atoms with E-state index in [1.54, 1.807) is 0 Å². The zero-order chi connectivity index (χ0) is 9.52. The van der Waals surface area contributed by atoms with Crippen molar-refractivity contribution >= 4 is 5.91 Å². The predicted molar refractivity (Wildman–Crippen MR) is 46.7 cm³/mol. The Balaban J connectivity index is 2.01. The zero-order valence-corrected chi connectivity index (χ0v) is 7.62. The van der Waals surface area contributed by atoms with E-state index in [-0.39, 0.29) is 12.5 Å². The van der Waals surface area contributed by atoms with Gasteiger partial charge in [0.05, 0.1) is 6.61 Å². The largest absolute Gasteiger partial charge is 0.381 e. The molecular weight excluding hydrogens is 172 g/mol. The van der Waals surface area contributed by atoms with Gasteiger partial charge in [0.1, 0.15) is 6.61 Å². The molecule has 1 heterocycles. The summed E-state index contributed by atoms with van der Waals surface area (Å²) in [5.74, 6) is 5.13. The van der Waals surface area contributed by atoms with Crippen LogP contribution in [0.2, 0.25) is 0 Å². The molecule has 0 saturated carbocycles. The molecule has 1 saturated heterocycles. The van der Waals surface area contributed by atoms with E-state index in [2.05, 4.69) is 0 Å². The minimum atomic E-state index is -0.285. The van der Waals surface area contributed by atoms with Gasteiger partial charge >= 0.3 is 0 Å². The fourth-order valence-electron chi connectivity index (χ4n) is 1.27. The van der Waals surface area contributed by atoms with E-state index in [0.29, 0.717) is 12.5 Å². The topological polar surface area (TPSA) is 73.6 Å². The van der Waals surface area contributed by atoms with Crippen LogP contribution in [-0.2, 0) is 14.3 Å². The Labute approximate surface area is 77.5 Å². The van der Waals surface area contributed by atoms with E-state index in [0.717, 1.165) is 26.1 Å². The van der Waals surface area contributed by atoms with Crippen LogP contribution in [0.25, 0.3) is 0 Å². The molecule has 1 rings (SSSR count). The SMILES string of the molecule is NNC(=O)COCC1CCOCC1. The van der Waals surface area contributed by atoms with Crippen molar-refractivity contribution in [2.24, 2.45) is 11.8 Å². The van der Waals surface area contributed by atoms with Gasteiger partial charge in [-0.1, -0.05) is 0 Å². The molecule has 0 aromatic carbocycles. The highest BCUT2D eigenvalue weighted by Gasteiger charge is 2.13. The van der Waals surface area contributed by atoms with Crippen LogP contribution in [0.15, 0.2) is 0 Å². The summed E-state index contributed by atoms with van der Waals surface area (Å²) >= 11 is 0. The molecule has 0 unspecified atom stereocenters. The second kappa shape index (κ2) is 5.90. The number of hydrogen-bond donors (Lipinski definition) is 2. The maximum absolute atomic E-state index is 10.7. The standard InChI is InChI=1S/C8H16N2O3/c9-10-8(11)6-13-5-7-1-3-12-4-2-7/h7H,1-6,9H2,(H,10,11). The van der Waals surface area contributed by atoms with Gasteiger partial charge in [-0.25, -0.2) is 5.84 Å². The van der Waals surface area contributed by atoms with E-state index in [1.807, 2.05) is 5.43 Å². The number of nitrogens with one attached hydrogen (secondary N) is 1. The van der Waals surface area contributed by atoms with Crippen LogP contribution in [-0.4, -0.2) is 32.3 Å². The van der Waals surface area contributed by atoms with Gasteiger partial charge in [-0.2, -0.15) is 0 Å². The van der Waals surface area contributed by atoms with Crippen LogP contribution >= 0.6 is 0 Å². The summed E-state index contributed by atoms with van der Waals surface area (Å²) in [6.07, 6.45) is 2.04.